The Labute approximate surface area is 177 Å². The molecule has 1 aromatic heterocycles. The molecule has 2 nitrogen and oxygen atoms in total. The highest BCUT2D eigenvalue weighted by Crippen LogP contribution is 2.40. The Kier molecular flexibility index (Phi) is 5.33. The Balaban J connectivity index is 1.70. The minimum Gasteiger partial charge on any atom is -0.327 e. The fourth-order valence-corrected chi connectivity index (χ4v) is 4.62. The van der Waals surface area contributed by atoms with Crippen molar-refractivity contribution in [3.63, 3.8) is 0 Å². The molecule has 2 aromatic carbocycles. The molecule has 3 aromatic rings. The van der Waals surface area contributed by atoms with Crippen molar-refractivity contribution >= 4 is 17.2 Å². The van der Waals surface area contributed by atoms with Crippen molar-refractivity contribution in [1.29, 1.82) is 0 Å². The normalized spacial score (nSPS) is 16.8. The van der Waals surface area contributed by atoms with E-state index >= 15 is 0 Å². The van der Waals surface area contributed by atoms with E-state index in [-0.39, 0.29) is 5.56 Å². The van der Waals surface area contributed by atoms with Crippen LogP contribution in [0.1, 0.15) is 43.5 Å². The molecule has 0 unspecified atom stereocenters. The Morgan fingerprint density at radius 3 is 1.94 bits per heavy atom. The lowest BCUT2D eigenvalue weighted by molar-refractivity contribution is -0.138. The minimum atomic E-state index is -4.51. The fraction of sp³-hybridized carbons (Fsp3) is 0.227. The average Bonchev–Trinajstić information content (AvgIpc) is 3.20. The third-order valence-corrected chi connectivity index (χ3v) is 6.24. The van der Waals surface area contributed by atoms with E-state index in [1.54, 1.807) is 0 Å². The van der Waals surface area contributed by atoms with Crippen molar-refractivity contribution in [2.24, 2.45) is 0 Å². The van der Waals surface area contributed by atoms with Gasteiger partial charge in [-0.2, -0.15) is 26.3 Å². The van der Waals surface area contributed by atoms with Gasteiger partial charge in [0.05, 0.1) is 17.2 Å². The fourth-order valence-electron chi connectivity index (χ4n) is 3.72. The summed E-state index contributed by atoms with van der Waals surface area (Å²) in [7, 11) is 0. The molecule has 9 heteroatoms. The zero-order chi connectivity index (χ0) is 22.4. The molecule has 0 N–H and O–H groups in total. The maximum Gasteiger partial charge on any atom is 0.416 e. The van der Waals surface area contributed by atoms with Gasteiger partial charge >= 0.3 is 12.4 Å². The van der Waals surface area contributed by atoms with Gasteiger partial charge in [-0.05, 0) is 65.4 Å². The van der Waals surface area contributed by atoms with Gasteiger partial charge in [0.2, 0.25) is 0 Å². The van der Waals surface area contributed by atoms with Gasteiger partial charge in [0.15, 0.2) is 0 Å². The summed E-state index contributed by atoms with van der Waals surface area (Å²) in [6, 6.07) is 9.77. The standard InChI is InChI=1S/C22H15F6NOS/c23-21(24,25)15-5-1-13(2-6-15)19-17-10-12-31-18(17)9-11-29(19)20(30)14-3-7-16(8-4-14)22(26,27)28/h1-8,10,12,19H,9,11H2/t19-/m0/s1. The maximum atomic E-state index is 13.2. The van der Waals surface area contributed by atoms with Gasteiger partial charge in [0.1, 0.15) is 0 Å². The van der Waals surface area contributed by atoms with Crippen molar-refractivity contribution in [2.45, 2.75) is 24.8 Å². The van der Waals surface area contributed by atoms with Crippen LogP contribution in [0.2, 0.25) is 0 Å². The van der Waals surface area contributed by atoms with E-state index in [1.807, 2.05) is 11.4 Å². The quantitative estimate of drug-likeness (QED) is 0.400. The molecule has 0 radical (unpaired) electrons. The van der Waals surface area contributed by atoms with Crippen LogP contribution >= 0.6 is 11.3 Å². The van der Waals surface area contributed by atoms with Gasteiger partial charge in [0.25, 0.3) is 5.91 Å². The van der Waals surface area contributed by atoms with Crippen LogP contribution in [0.15, 0.2) is 60.0 Å². The molecule has 1 aliphatic heterocycles. The highest BCUT2D eigenvalue weighted by atomic mass is 32.1. The van der Waals surface area contributed by atoms with Gasteiger partial charge in [-0.15, -0.1) is 11.3 Å². The van der Waals surface area contributed by atoms with E-state index in [4.69, 9.17) is 0 Å². The lowest BCUT2D eigenvalue weighted by atomic mass is 9.92. The van der Waals surface area contributed by atoms with Gasteiger partial charge in [-0.25, -0.2) is 0 Å². The first kappa shape index (κ1) is 21.4. The highest BCUT2D eigenvalue weighted by molar-refractivity contribution is 7.10. The number of alkyl halides is 6. The minimum absolute atomic E-state index is 0.0867. The summed E-state index contributed by atoms with van der Waals surface area (Å²) in [6.07, 6.45) is -8.42. The van der Waals surface area contributed by atoms with E-state index in [9.17, 15) is 31.1 Å². The van der Waals surface area contributed by atoms with Crippen molar-refractivity contribution in [3.05, 3.63) is 92.7 Å². The molecule has 1 amide bonds. The molecule has 1 aliphatic rings. The summed E-state index contributed by atoms with van der Waals surface area (Å²) in [4.78, 5) is 15.7. The number of fused-ring (bicyclic) bond motifs is 1. The van der Waals surface area contributed by atoms with Crippen LogP contribution in [0.25, 0.3) is 0 Å². The summed E-state index contributed by atoms with van der Waals surface area (Å²) >= 11 is 1.50. The Hall–Kier alpha value is -2.81. The van der Waals surface area contributed by atoms with Crippen molar-refractivity contribution in [2.75, 3.05) is 6.54 Å². The van der Waals surface area contributed by atoms with Gasteiger partial charge < -0.3 is 4.90 Å². The predicted octanol–water partition coefficient (Wildman–Crippen LogP) is 6.57. The second-order valence-electron chi connectivity index (χ2n) is 7.15. The SMILES string of the molecule is O=C(c1ccc(C(F)(F)F)cc1)N1CCc2sccc2[C@@H]1c1ccc(C(F)(F)F)cc1. The molecule has 31 heavy (non-hydrogen) atoms. The molecule has 0 fully saturated rings. The number of carbonyl (C=O) groups is 1. The van der Waals surface area contributed by atoms with Crippen molar-refractivity contribution < 1.29 is 31.1 Å². The molecular weight excluding hydrogens is 440 g/mol. The van der Waals surface area contributed by atoms with Crippen LogP contribution in [-0.4, -0.2) is 17.4 Å². The Bertz CT molecular complexity index is 1080. The summed E-state index contributed by atoms with van der Waals surface area (Å²) in [6.45, 7) is 0.305. The topological polar surface area (TPSA) is 20.3 Å². The Morgan fingerprint density at radius 2 is 1.39 bits per heavy atom. The number of rotatable bonds is 2. The molecule has 4 rings (SSSR count). The summed E-state index contributed by atoms with van der Waals surface area (Å²) in [5.41, 5.74) is -0.243. The van der Waals surface area contributed by atoms with E-state index in [1.165, 1.54) is 28.4 Å². The summed E-state index contributed by atoms with van der Waals surface area (Å²) in [5.74, 6) is -0.476. The average molecular weight is 455 g/mol. The molecule has 0 bridgehead atoms. The molecule has 0 saturated carbocycles. The predicted molar refractivity (Wildman–Crippen MR) is 104 cm³/mol. The zero-order valence-electron chi connectivity index (χ0n) is 15.8. The van der Waals surface area contributed by atoms with Crippen LogP contribution in [0.4, 0.5) is 26.3 Å². The number of hydrogen-bond donors (Lipinski definition) is 0. The maximum absolute atomic E-state index is 13.2. The van der Waals surface area contributed by atoms with E-state index in [0.717, 1.165) is 46.8 Å². The van der Waals surface area contributed by atoms with Crippen LogP contribution in [0.3, 0.4) is 0 Å². The summed E-state index contributed by atoms with van der Waals surface area (Å²) < 4.78 is 77.3. The Morgan fingerprint density at radius 1 is 0.839 bits per heavy atom. The summed E-state index contributed by atoms with van der Waals surface area (Å²) in [5, 5.41) is 1.86. The second-order valence-corrected chi connectivity index (χ2v) is 8.15. The largest absolute Gasteiger partial charge is 0.416 e. The number of benzene rings is 2. The molecule has 0 saturated heterocycles. The number of thiophene rings is 1. The van der Waals surface area contributed by atoms with E-state index < -0.39 is 35.4 Å². The molecule has 1 atom stereocenters. The number of hydrogen-bond acceptors (Lipinski definition) is 2. The van der Waals surface area contributed by atoms with E-state index in [0.29, 0.717) is 18.5 Å². The van der Waals surface area contributed by atoms with Crippen LogP contribution in [0.5, 0.6) is 0 Å². The first-order valence-corrected chi connectivity index (χ1v) is 10.2. The first-order chi connectivity index (χ1) is 14.6. The van der Waals surface area contributed by atoms with Crippen LogP contribution < -0.4 is 0 Å². The number of halogens is 6. The number of amides is 1. The second kappa shape index (κ2) is 7.71. The molecule has 0 spiro atoms. The molecular formula is C22H15F6NOS. The molecule has 2 heterocycles. The van der Waals surface area contributed by atoms with E-state index in [2.05, 4.69) is 0 Å². The zero-order valence-corrected chi connectivity index (χ0v) is 16.6. The third-order valence-electron chi connectivity index (χ3n) is 5.24. The molecule has 162 valence electrons. The number of nitrogens with zero attached hydrogens (tertiary/aromatic N) is 1. The van der Waals surface area contributed by atoms with Gasteiger partial charge in [-0.3, -0.25) is 4.79 Å². The third kappa shape index (κ3) is 4.19. The van der Waals surface area contributed by atoms with Gasteiger partial charge in [-0.1, -0.05) is 12.1 Å². The monoisotopic (exact) mass is 455 g/mol. The lowest BCUT2D eigenvalue weighted by Crippen LogP contribution is -2.40. The smallest absolute Gasteiger partial charge is 0.327 e. The molecule has 0 aliphatic carbocycles. The van der Waals surface area contributed by atoms with Crippen molar-refractivity contribution in [3.8, 4) is 0 Å². The van der Waals surface area contributed by atoms with Crippen LogP contribution in [0, 0.1) is 0 Å². The number of carbonyl (C=O) groups excluding carboxylic acids is 1. The highest BCUT2D eigenvalue weighted by Gasteiger charge is 2.36. The van der Waals surface area contributed by atoms with Gasteiger partial charge in [0, 0.05) is 17.0 Å². The van der Waals surface area contributed by atoms with Crippen LogP contribution in [-0.2, 0) is 18.8 Å². The first-order valence-electron chi connectivity index (χ1n) is 9.27. The lowest BCUT2D eigenvalue weighted by Gasteiger charge is -2.36. The van der Waals surface area contributed by atoms with Crippen molar-refractivity contribution in [1.82, 2.24) is 4.90 Å².